The molecule has 0 bridgehead atoms. The number of alkyl carbamates (subject to hydrolysis) is 1. The number of ether oxygens (including phenoxy) is 1. The second-order valence-corrected chi connectivity index (χ2v) is 12.3. The van der Waals surface area contributed by atoms with E-state index in [-0.39, 0.29) is 5.91 Å². The van der Waals surface area contributed by atoms with Crippen molar-refractivity contribution in [3.8, 4) is 0 Å². The monoisotopic (exact) mass is 503 g/mol. The fraction of sp³-hybridized carbons (Fsp3) is 0.714. The second-order valence-electron chi connectivity index (χ2n) is 11.2. The molecule has 0 unspecified atom stereocenters. The molecule has 1 aromatic rings. The third kappa shape index (κ3) is 9.68. The van der Waals surface area contributed by atoms with Crippen molar-refractivity contribution in [1.29, 1.82) is 0 Å². The van der Waals surface area contributed by atoms with Gasteiger partial charge >= 0.3 is 6.09 Å². The first-order valence-electron chi connectivity index (χ1n) is 13.3. The number of hydrogen-bond donors (Lipinski definition) is 1. The Morgan fingerprint density at radius 1 is 1.09 bits per heavy atom. The molecular weight excluding hydrogens is 458 g/mol. The fourth-order valence-corrected chi connectivity index (χ4v) is 6.34. The molecule has 2 amide bonds. The van der Waals surface area contributed by atoms with E-state index in [0.717, 1.165) is 44.1 Å². The Morgan fingerprint density at radius 2 is 1.74 bits per heavy atom. The van der Waals surface area contributed by atoms with Crippen LogP contribution >= 0.6 is 11.8 Å². The summed E-state index contributed by atoms with van der Waals surface area (Å²) in [6.45, 7) is 7.90. The van der Waals surface area contributed by atoms with Gasteiger partial charge in [0.25, 0.3) is 0 Å². The summed E-state index contributed by atoms with van der Waals surface area (Å²) in [6.07, 6.45) is 7.94. The minimum Gasteiger partial charge on any atom is -0.444 e. The Bertz CT molecular complexity index is 784. The average molecular weight is 504 g/mol. The molecule has 196 valence electrons. The van der Waals surface area contributed by atoms with Gasteiger partial charge in [0.05, 0.1) is 0 Å². The smallest absolute Gasteiger partial charge is 0.408 e. The van der Waals surface area contributed by atoms with Gasteiger partial charge in [-0.2, -0.15) is 11.8 Å². The fourth-order valence-electron chi connectivity index (χ4n) is 5.08. The normalized spacial score (nSPS) is 18.9. The lowest BCUT2D eigenvalue weighted by Crippen LogP contribution is -2.54. The van der Waals surface area contributed by atoms with Crippen molar-refractivity contribution in [2.75, 3.05) is 31.6 Å². The first kappa shape index (κ1) is 27.9. The maximum Gasteiger partial charge on any atom is 0.408 e. The van der Waals surface area contributed by atoms with Crippen LogP contribution in [0.3, 0.4) is 0 Å². The maximum atomic E-state index is 13.5. The van der Waals surface area contributed by atoms with E-state index in [2.05, 4.69) is 41.5 Å². The lowest BCUT2D eigenvalue weighted by molar-refractivity contribution is -0.134. The van der Waals surface area contributed by atoms with Gasteiger partial charge in [-0.15, -0.1) is 0 Å². The van der Waals surface area contributed by atoms with Gasteiger partial charge in [-0.3, -0.25) is 9.69 Å². The summed E-state index contributed by atoms with van der Waals surface area (Å²) in [5, 5.41) is 2.89. The number of thioether (sulfide) groups is 1. The number of carbonyl (C=O) groups is 2. The predicted molar refractivity (Wildman–Crippen MR) is 145 cm³/mol. The standard InChI is InChI=1S/C28H45N3O3S/c1-28(2,3)34-27(33)29-25(21-35-20-23-13-9-6-10-14-23)26(32)31-17-15-24(16-18-31)30(4)19-22-11-7-5-8-12-22/h5,7-8,11-12,23-25H,6,9-10,13-21H2,1-4H3,(H,29,33)/t25-/m0/s1. The molecule has 1 saturated heterocycles. The number of carbonyl (C=O) groups excluding carboxylic acids is 2. The Hall–Kier alpha value is -1.73. The molecule has 3 rings (SSSR count). The second kappa shape index (κ2) is 13.5. The van der Waals surface area contributed by atoms with Crippen molar-refractivity contribution in [2.24, 2.45) is 5.92 Å². The van der Waals surface area contributed by atoms with Gasteiger partial charge in [0, 0.05) is 31.4 Å². The van der Waals surface area contributed by atoms with Gasteiger partial charge in [0.15, 0.2) is 0 Å². The number of likely N-dealkylation sites (tertiary alicyclic amines) is 1. The van der Waals surface area contributed by atoms with Crippen molar-refractivity contribution < 1.29 is 14.3 Å². The largest absolute Gasteiger partial charge is 0.444 e. The van der Waals surface area contributed by atoms with E-state index >= 15 is 0 Å². The van der Waals surface area contributed by atoms with Crippen LogP contribution < -0.4 is 5.32 Å². The molecule has 6 nitrogen and oxygen atoms in total. The Balaban J connectivity index is 1.52. The molecule has 1 atom stereocenters. The Morgan fingerprint density at radius 3 is 2.37 bits per heavy atom. The topological polar surface area (TPSA) is 61.9 Å². The number of hydrogen-bond acceptors (Lipinski definition) is 5. The van der Waals surface area contributed by atoms with Crippen LogP contribution in [0.4, 0.5) is 4.79 Å². The molecule has 7 heteroatoms. The molecule has 0 aromatic heterocycles. The van der Waals surface area contributed by atoms with E-state index in [1.807, 2.05) is 31.7 Å². The van der Waals surface area contributed by atoms with E-state index in [0.29, 0.717) is 11.8 Å². The lowest BCUT2D eigenvalue weighted by Gasteiger charge is -2.38. The molecule has 35 heavy (non-hydrogen) atoms. The SMILES string of the molecule is CN(Cc1ccccc1)C1CCN(C(=O)[C@H](CSCC2CCCCC2)NC(=O)OC(C)(C)C)CC1. The summed E-state index contributed by atoms with van der Waals surface area (Å²) >= 11 is 1.80. The zero-order chi connectivity index (χ0) is 25.3. The molecular formula is C28H45N3O3S. The number of nitrogens with one attached hydrogen (secondary N) is 1. The highest BCUT2D eigenvalue weighted by Gasteiger charge is 2.32. The van der Waals surface area contributed by atoms with E-state index < -0.39 is 17.7 Å². The summed E-state index contributed by atoms with van der Waals surface area (Å²) in [6, 6.07) is 10.4. The third-order valence-electron chi connectivity index (χ3n) is 7.03. The van der Waals surface area contributed by atoms with Crippen LogP contribution in [0.5, 0.6) is 0 Å². The molecule has 1 aromatic carbocycles. The van der Waals surface area contributed by atoms with Gasteiger partial charge < -0.3 is 15.0 Å². The van der Waals surface area contributed by atoms with Crippen LogP contribution in [0.2, 0.25) is 0 Å². The van der Waals surface area contributed by atoms with Gasteiger partial charge in [0.2, 0.25) is 5.91 Å². The van der Waals surface area contributed by atoms with Crippen molar-refractivity contribution in [3.05, 3.63) is 35.9 Å². The minimum absolute atomic E-state index is 0.0242. The Kier molecular flexibility index (Phi) is 10.8. The van der Waals surface area contributed by atoms with E-state index in [1.165, 1.54) is 37.7 Å². The van der Waals surface area contributed by atoms with Crippen LogP contribution in [0.1, 0.15) is 71.3 Å². The zero-order valence-electron chi connectivity index (χ0n) is 22.1. The van der Waals surface area contributed by atoms with Gasteiger partial charge in [-0.1, -0.05) is 49.6 Å². The predicted octanol–water partition coefficient (Wildman–Crippen LogP) is 5.32. The zero-order valence-corrected chi connectivity index (χ0v) is 22.9. The first-order valence-corrected chi connectivity index (χ1v) is 14.5. The molecule has 1 heterocycles. The van der Waals surface area contributed by atoms with E-state index in [1.54, 1.807) is 11.8 Å². The average Bonchev–Trinajstić information content (AvgIpc) is 2.83. The lowest BCUT2D eigenvalue weighted by atomic mass is 9.91. The highest BCUT2D eigenvalue weighted by atomic mass is 32.2. The van der Waals surface area contributed by atoms with Crippen LogP contribution in [0, 0.1) is 5.92 Å². The summed E-state index contributed by atoms with van der Waals surface area (Å²) < 4.78 is 5.47. The van der Waals surface area contributed by atoms with Gasteiger partial charge in [-0.25, -0.2) is 4.79 Å². The van der Waals surface area contributed by atoms with Gasteiger partial charge in [0.1, 0.15) is 11.6 Å². The Labute approximate surface area is 216 Å². The van der Waals surface area contributed by atoms with E-state index in [9.17, 15) is 9.59 Å². The van der Waals surface area contributed by atoms with Crippen LogP contribution in [-0.2, 0) is 16.1 Å². The molecule has 1 saturated carbocycles. The van der Waals surface area contributed by atoms with Crippen molar-refractivity contribution in [3.63, 3.8) is 0 Å². The van der Waals surface area contributed by atoms with Crippen LogP contribution in [-0.4, -0.2) is 71.1 Å². The summed E-state index contributed by atoms with van der Waals surface area (Å²) in [7, 11) is 2.17. The molecule has 2 fully saturated rings. The number of rotatable bonds is 9. The number of benzene rings is 1. The highest BCUT2D eigenvalue weighted by molar-refractivity contribution is 7.99. The molecule has 1 aliphatic carbocycles. The van der Waals surface area contributed by atoms with Crippen molar-refractivity contribution >= 4 is 23.8 Å². The summed E-state index contributed by atoms with van der Waals surface area (Å²) in [5.74, 6) is 2.42. The summed E-state index contributed by atoms with van der Waals surface area (Å²) in [5.41, 5.74) is 0.722. The minimum atomic E-state index is -0.589. The maximum absolute atomic E-state index is 13.5. The molecule has 0 radical (unpaired) electrons. The third-order valence-corrected chi connectivity index (χ3v) is 8.30. The van der Waals surface area contributed by atoms with Crippen LogP contribution in [0.25, 0.3) is 0 Å². The molecule has 1 aliphatic heterocycles. The summed E-state index contributed by atoms with van der Waals surface area (Å²) in [4.78, 5) is 30.3. The number of amides is 2. The van der Waals surface area contributed by atoms with Crippen molar-refractivity contribution in [1.82, 2.24) is 15.1 Å². The molecule has 1 N–H and O–H groups in total. The van der Waals surface area contributed by atoms with Crippen molar-refractivity contribution in [2.45, 2.75) is 89.9 Å². The molecule has 2 aliphatic rings. The van der Waals surface area contributed by atoms with E-state index in [4.69, 9.17) is 4.74 Å². The molecule has 0 spiro atoms. The quantitative estimate of drug-likeness (QED) is 0.494. The number of piperidine rings is 1. The first-order chi connectivity index (χ1) is 16.7. The van der Waals surface area contributed by atoms with Crippen LogP contribution in [0.15, 0.2) is 30.3 Å². The highest BCUT2D eigenvalue weighted by Crippen LogP contribution is 2.27. The van der Waals surface area contributed by atoms with Gasteiger partial charge in [-0.05, 0) is 70.7 Å². The number of nitrogens with zero attached hydrogens (tertiary/aromatic N) is 2.